The van der Waals surface area contributed by atoms with Crippen molar-refractivity contribution in [3.63, 3.8) is 0 Å². The largest absolute Gasteiger partial charge is 0.493 e. The summed E-state index contributed by atoms with van der Waals surface area (Å²) in [6.45, 7) is 0. The first kappa shape index (κ1) is 12.4. The van der Waals surface area contributed by atoms with Crippen molar-refractivity contribution in [2.45, 2.75) is 6.10 Å². The van der Waals surface area contributed by atoms with Gasteiger partial charge in [0.2, 0.25) is 0 Å². The Labute approximate surface area is 106 Å². The predicted octanol–water partition coefficient (Wildman–Crippen LogP) is 1.52. The second kappa shape index (κ2) is 5.10. The van der Waals surface area contributed by atoms with Crippen molar-refractivity contribution in [1.82, 2.24) is 9.78 Å². The lowest BCUT2D eigenvalue weighted by atomic mass is 10.1. The van der Waals surface area contributed by atoms with Crippen LogP contribution in [0, 0.1) is 0 Å². The summed E-state index contributed by atoms with van der Waals surface area (Å²) < 4.78 is 12.0. The van der Waals surface area contributed by atoms with Crippen LogP contribution in [0.15, 0.2) is 30.5 Å². The van der Waals surface area contributed by atoms with Gasteiger partial charge in [-0.05, 0) is 23.8 Å². The molecule has 1 atom stereocenters. The zero-order valence-electron chi connectivity index (χ0n) is 10.6. The highest BCUT2D eigenvalue weighted by atomic mass is 16.5. The Hall–Kier alpha value is -2.01. The monoisotopic (exact) mass is 248 g/mol. The summed E-state index contributed by atoms with van der Waals surface area (Å²) in [4.78, 5) is 0. The summed E-state index contributed by atoms with van der Waals surface area (Å²) in [5.41, 5.74) is 1.46. The third-order valence-electron chi connectivity index (χ3n) is 2.86. The van der Waals surface area contributed by atoms with Gasteiger partial charge in [-0.2, -0.15) is 5.10 Å². The second-order valence-electron chi connectivity index (χ2n) is 3.90. The van der Waals surface area contributed by atoms with Gasteiger partial charge in [-0.25, -0.2) is 0 Å². The summed E-state index contributed by atoms with van der Waals surface area (Å²) in [5, 5.41) is 14.3. The molecule has 0 saturated carbocycles. The smallest absolute Gasteiger partial charge is 0.161 e. The molecule has 2 aromatic rings. The number of methoxy groups -OCH3 is 2. The molecule has 0 spiro atoms. The lowest BCUT2D eigenvalue weighted by Gasteiger charge is -2.14. The maximum atomic E-state index is 10.3. The van der Waals surface area contributed by atoms with Crippen molar-refractivity contribution >= 4 is 0 Å². The van der Waals surface area contributed by atoms with Crippen molar-refractivity contribution < 1.29 is 14.6 Å². The van der Waals surface area contributed by atoms with Gasteiger partial charge in [-0.1, -0.05) is 6.07 Å². The summed E-state index contributed by atoms with van der Waals surface area (Å²) >= 11 is 0. The highest BCUT2D eigenvalue weighted by Crippen LogP contribution is 2.31. The molecule has 2 rings (SSSR count). The Morgan fingerprint density at radius 3 is 2.44 bits per heavy atom. The van der Waals surface area contributed by atoms with E-state index in [1.165, 1.54) is 0 Å². The maximum absolute atomic E-state index is 10.3. The molecule has 1 aromatic heterocycles. The minimum atomic E-state index is -0.739. The van der Waals surface area contributed by atoms with E-state index in [2.05, 4.69) is 5.10 Å². The van der Waals surface area contributed by atoms with Crippen LogP contribution in [0.1, 0.15) is 17.4 Å². The van der Waals surface area contributed by atoms with Gasteiger partial charge in [-0.15, -0.1) is 0 Å². The highest BCUT2D eigenvalue weighted by molar-refractivity contribution is 5.44. The van der Waals surface area contributed by atoms with Crippen LogP contribution in [0.25, 0.3) is 0 Å². The molecule has 0 aliphatic rings. The molecule has 1 N–H and O–H groups in total. The third-order valence-corrected chi connectivity index (χ3v) is 2.86. The minimum absolute atomic E-state index is 0.594. The molecule has 0 bridgehead atoms. The lowest BCUT2D eigenvalue weighted by molar-refractivity contribution is 0.209. The molecule has 0 fully saturated rings. The van der Waals surface area contributed by atoms with Gasteiger partial charge >= 0.3 is 0 Å². The van der Waals surface area contributed by atoms with Crippen LogP contribution in [0.4, 0.5) is 0 Å². The SMILES string of the molecule is COc1ccc(C(O)c2ccnn2C)cc1OC. The fourth-order valence-electron chi connectivity index (χ4n) is 1.85. The number of nitrogens with zero attached hydrogens (tertiary/aromatic N) is 2. The van der Waals surface area contributed by atoms with Crippen molar-refractivity contribution in [2.24, 2.45) is 7.05 Å². The zero-order chi connectivity index (χ0) is 13.1. The van der Waals surface area contributed by atoms with Crippen LogP contribution >= 0.6 is 0 Å². The van der Waals surface area contributed by atoms with E-state index >= 15 is 0 Å². The molecule has 0 radical (unpaired) electrons. The van der Waals surface area contributed by atoms with E-state index in [0.717, 1.165) is 11.3 Å². The summed E-state index contributed by atoms with van der Waals surface area (Å²) in [5.74, 6) is 1.23. The number of aliphatic hydroxyl groups excluding tert-OH is 1. The number of hydrogen-bond acceptors (Lipinski definition) is 4. The van der Waals surface area contributed by atoms with E-state index in [0.29, 0.717) is 11.5 Å². The predicted molar refractivity (Wildman–Crippen MR) is 66.8 cm³/mol. The Morgan fingerprint density at radius 2 is 1.89 bits per heavy atom. The van der Waals surface area contributed by atoms with E-state index in [4.69, 9.17) is 9.47 Å². The molecule has 1 heterocycles. The molecule has 0 aliphatic carbocycles. The number of benzene rings is 1. The van der Waals surface area contributed by atoms with Crippen LogP contribution in [-0.4, -0.2) is 29.1 Å². The molecule has 0 amide bonds. The van der Waals surface area contributed by atoms with Crippen molar-refractivity contribution in [1.29, 1.82) is 0 Å². The van der Waals surface area contributed by atoms with Gasteiger partial charge in [0.05, 0.1) is 19.9 Å². The van der Waals surface area contributed by atoms with Gasteiger partial charge in [0.15, 0.2) is 11.5 Å². The van der Waals surface area contributed by atoms with Gasteiger partial charge in [-0.3, -0.25) is 4.68 Å². The molecule has 0 saturated heterocycles. The number of rotatable bonds is 4. The second-order valence-corrected chi connectivity index (χ2v) is 3.90. The maximum Gasteiger partial charge on any atom is 0.161 e. The third kappa shape index (κ3) is 2.17. The molecule has 5 heteroatoms. The van der Waals surface area contributed by atoms with E-state index in [1.54, 1.807) is 56.4 Å². The Kier molecular flexibility index (Phi) is 3.53. The molecule has 5 nitrogen and oxygen atoms in total. The van der Waals surface area contributed by atoms with Crippen molar-refractivity contribution in [2.75, 3.05) is 14.2 Å². The number of aryl methyl sites for hydroxylation is 1. The Bertz CT molecular complexity index is 537. The average Bonchev–Trinajstić information content (AvgIpc) is 2.83. The fraction of sp³-hybridized carbons (Fsp3) is 0.308. The van der Waals surface area contributed by atoms with Crippen LogP contribution in [0.2, 0.25) is 0 Å². The van der Waals surface area contributed by atoms with Crippen LogP contribution in [0.5, 0.6) is 11.5 Å². The van der Waals surface area contributed by atoms with Gasteiger partial charge < -0.3 is 14.6 Å². The number of hydrogen-bond donors (Lipinski definition) is 1. The van der Waals surface area contributed by atoms with E-state index in [9.17, 15) is 5.11 Å². The molecule has 18 heavy (non-hydrogen) atoms. The molecular weight excluding hydrogens is 232 g/mol. The number of aromatic nitrogens is 2. The van der Waals surface area contributed by atoms with Gasteiger partial charge in [0.25, 0.3) is 0 Å². The molecule has 1 unspecified atom stereocenters. The molecule has 96 valence electrons. The van der Waals surface area contributed by atoms with Gasteiger partial charge in [0.1, 0.15) is 6.10 Å². The topological polar surface area (TPSA) is 56.5 Å². The Morgan fingerprint density at radius 1 is 1.17 bits per heavy atom. The summed E-state index contributed by atoms with van der Waals surface area (Å²) in [6.07, 6.45) is 0.913. The molecule has 0 aliphatic heterocycles. The molecule has 1 aromatic carbocycles. The highest BCUT2D eigenvalue weighted by Gasteiger charge is 2.16. The van der Waals surface area contributed by atoms with Crippen LogP contribution in [0.3, 0.4) is 0 Å². The number of aliphatic hydroxyl groups is 1. The minimum Gasteiger partial charge on any atom is -0.493 e. The van der Waals surface area contributed by atoms with Crippen LogP contribution < -0.4 is 9.47 Å². The molecular formula is C13H16N2O3. The first-order chi connectivity index (χ1) is 8.67. The first-order valence-electron chi connectivity index (χ1n) is 5.55. The first-order valence-corrected chi connectivity index (χ1v) is 5.55. The quantitative estimate of drug-likeness (QED) is 0.891. The standard InChI is InChI=1S/C13H16N2O3/c1-15-10(6-7-14-15)13(16)9-4-5-11(17-2)12(8-9)18-3/h4-8,13,16H,1-3H3. The number of ether oxygens (including phenoxy) is 2. The average molecular weight is 248 g/mol. The summed E-state index contributed by atoms with van der Waals surface area (Å²) in [7, 11) is 4.94. The lowest BCUT2D eigenvalue weighted by Crippen LogP contribution is -2.07. The normalized spacial score (nSPS) is 12.2. The van der Waals surface area contributed by atoms with Crippen molar-refractivity contribution in [3.05, 3.63) is 41.7 Å². The van der Waals surface area contributed by atoms with Crippen molar-refractivity contribution in [3.8, 4) is 11.5 Å². The zero-order valence-corrected chi connectivity index (χ0v) is 10.6. The van der Waals surface area contributed by atoms with Gasteiger partial charge in [0, 0.05) is 13.2 Å². The van der Waals surface area contributed by atoms with E-state index < -0.39 is 6.10 Å². The Balaban J connectivity index is 2.37. The van der Waals surface area contributed by atoms with E-state index in [1.807, 2.05) is 0 Å². The summed E-state index contributed by atoms with van der Waals surface area (Å²) in [6, 6.07) is 7.12. The van der Waals surface area contributed by atoms with E-state index in [-0.39, 0.29) is 0 Å². The fourth-order valence-corrected chi connectivity index (χ4v) is 1.85. The van der Waals surface area contributed by atoms with Crippen LogP contribution in [-0.2, 0) is 7.05 Å².